The Balaban J connectivity index is 0.00000261. The number of guanidine groups is 1. The number of thiophene rings is 1. The topological polar surface area (TPSA) is 45.7 Å². The number of hydrogen-bond acceptors (Lipinski definition) is 3. The van der Waals surface area contributed by atoms with E-state index in [4.69, 9.17) is 4.74 Å². The fraction of sp³-hybridized carbons (Fsp3) is 0.476. The minimum absolute atomic E-state index is 0. The van der Waals surface area contributed by atoms with E-state index in [2.05, 4.69) is 70.4 Å². The van der Waals surface area contributed by atoms with Gasteiger partial charge in [-0.25, -0.2) is 0 Å². The quantitative estimate of drug-likeness (QED) is 0.341. The second kappa shape index (κ2) is 11.7. The number of nitrogens with one attached hydrogen (secondary N) is 2. The predicted octanol–water partition coefficient (Wildman–Crippen LogP) is 4.80. The van der Waals surface area contributed by atoms with Crippen LogP contribution in [0.1, 0.15) is 42.2 Å². The normalized spacial score (nSPS) is 21.2. The summed E-state index contributed by atoms with van der Waals surface area (Å²) in [6.45, 7) is 4.84. The highest BCUT2D eigenvalue weighted by molar-refractivity contribution is 14.0. The van der Waals surface area contributed by atoms with Crippen LogP contribution in [0.4, 0.5) is 0 Å². The van der Waals surface area contributed by atoms with Crippen LogP contribution < -0.4 is 10.6 Å². The summed E-state index contributed by atoms with van der Waals surface area (Å²) in [5.41, 5.74) is 1.27. The van der Waals surface area contributed by atoms with Gasteiger partial charge in [-0.3, -0.25) is 4.99 Å². The third kappa shape index (κ3) is 6.47. The van der Waals surface area contributed by atoms with Crippen LogP contribution in [0.2, 0.25) is 0 Å². The standard InChI is InChI=1S/C21H29N3OS.HI/c1-16(19-11-7-13-26-19)14-23-21(22-2)24-15-18-10-6-12-25-20(18)17-8-4-3-5-9-17;/h3-5,7-9,11,13,16,18,20H,6,10,12,14-15H2,1-2H3,(H2,22,23,24);1H. The highest BCUT2D eigenvalue weighted by Crippen LogP contribution is 2.33. The van der Waals surface area contributed by atoms with Gasteiger partial charge in [0.2, 0.25) is 0 Å². The highest BCUT2D eigenvalue weighted by atomic mass is 127. The van der Waals surface area contributed by atoms with Crippen LogP contribution in [0.3, 0.4) is 0 Å². The summed E-state index contributed by atoms with van der Waals surface area (Å²) in [7, 11) is 1.83. The molecule has 3 atom stereocenters. The van der Waals surface area contributed by atoms with Gasteiger partial charge < -0.3 is 15.4 Å². The van der Waals surface area contributed by atoms with Gasteiger partial charge in [-0.05, 0) is 29.9 Å². The summed E-state index contributed by atoms with van der Waals surface area (Å²) in [5.74, 6) is 1.80. The first-order valence-electron chi connectivity index (χ1n) is 9.42. The molecule has 0 aliphatic carbocycles. The van der Waals surface area contributed by atoms with Crippen LogP contribution in [0.25, 0.3) is 0 Å². The average Bonchev–Trinajstić information content (AvgIpc) is 3.24. The Hall–Kier alpha value is -1.12. The zero-order valence-electron chi connectivity index (χ0n) is 16.1. The van der Waals surface area contributed by atoms with E-state index in [0.29, 0.717) is 11.8 Å². The average molecular weight is 499 g/mol. The molecule has 0 spiro atoms. The van der Waals surface area contributed by atoms with Crippen molar-refractivity contribution in [3.8, 4) is 0 Å². The molecular formula is C21H30IN3OS. The van der Waals surface area contributed by atoms with Gasteiger partial charge in [-0.1, -0.05) is 43.3 Å². The van der Waals surface area contributed by atoms with E-state index in [1.165, 1.54) is 16.9 Å². The van der Waals surface area contributed by atoms with Gasteiger partial charge >= 0.3 is 0 Å². The molecule has 3 rings (SSSR count). The summed E-state index contributed by atoms with van der Waals surface area (Å²) >= 11 is 1.81. The number of halogens is 1. The molecule has 3 unspecified atom stereocenters. The lowest BCUT2D eigenvalue weighted by Gasteiger charge is -2.32. The molecule has 0 amide bonds. The molecule has 6 heteroatoms. The molecule has 2 aromatic rings. The largest absolute Gasteiger partial charge is 0.373 e. The Morgan fingerprint density at radius 3 is 2.74 bits per heavy atom. The highest BCUT2D eigenvalue weighted by Gasteiger charge is 2.27. The van der Waals surface area contributed by atoms with Gasteiger partial charge in [0.1, 0.15) is 0 Å². The van der Waals surface area contributed by atoms with Crippen molar-refractivity contribution in [3.63, 3.8) is 0 Å². The molecule has 1 aliphatic rings. The maximum Gasteiger partial charge on any atom is 0.191 e. The maximum absolute atomic E-state index is 6.09. The Morgan fingerprint density at radius 1 is 1.22 bits per heavy atom. The molecule has 2 heterocycles. The second-order valence-electron chi connectivity index (χ2n) is 6.85. The molecule has 0 saturated carbocycles. The fourth-order valence-corrected chi connectivity index (χ4v) is 4.22. The van der Waals surface area contributed by atoms with Crippen LogP contribution >= 0.6 is 35.3 Å². The lowest BCUT2D eigenvalue weighted by molar-refractivity contribution is -0.0265. The molecule has 0 radical (unpaired) electrons. The first-order valence-corrected chi connectivity index (χ1v) is 10.3. The molecule has 2 N–H and O–H groups in total. The van der Waals surface area contributed by atoms with Crippen molar-refractivity contribution in [2.75, 3.05) is 26.7 Å². The molecule has 27 heavy (non-hydrogen) atoms. The van der Waals surface area contributed by atoms with Crippen LogP contribution in [-0.2, 0) is 4.74 Å². The van der Waals surface area contributed by atoms with E-state index in [9.17, 15) is 0 Å². The number of rotatable bonds is 6. The van der Waals surface area contributed by atoms with Crippen LogP contribution in [0.15, 0.2) is 52.8 Å². The molecular weight excluding hydrogens is 469 g/mol. The van der Waals surface area contributed by atoms with Gasteiger partial charge in [0.25, 0.3) is 0 Å². The minimum Gasteiger partial charge on any atom is -0.373 e. The zero-order valence-corrected chi connectivity index (χ0v) is 19.2. The molecule has 1 aromatic carbocycles. The predicted molar refractivity (Wildman–Crippen MR) is 125 cm³/mol. The van der Waals surface area contributed by atoms with Crippen molar-refractivity contribution in [1.82, 2.24) is 10.6 Å². The van der Waals surface area contributed by atoms with E-state index >= 15 is 0 Å². The number of hydrogen-bond donors (Lipinski definition) is 2. The molecule has 1 saturated heterocycles. The summed E-state index contributed by atoms with van der Waals surface area (Å²) in [4.78, 5) is 5.78. The molecule has 148 valence electrons. The third-order valence-corrected chi connectivity index (χ3v) is 6.04. The van der Waals surface area contributed by atoms with Crippen molar-refractivity contribution in [1.29, 1.82) is 0 Å². The monoisotopic (exact) mass is 499 g/mol. The van der Waals surface area contributed by atoms with Gasteiger partial charge in [0, 0.05) is 43.5 Å². The summed E-state index contributed by atoms with van der Waals surface area (Å²) in [6, 6.07) is 14.9. The number of ether oxygens (including phenoxy) is 1. The van der Waals surface area contributed by atoms with E-state index in [1.807, 2.05) is 18.4 Å². The van der Waals surface area contributed by atoms with Gasteiger partial charge in [0.05, 0.1) is 6.10 Å². The van der Waals surface area contributed by atoms with E-state index in [-0.39, 0.29) is 30.1 Å². The van der Waals surface area contributed by atoms with E-state index in [0.717, 1.165) is 32.1 Å². The summed E-state index contributed by atoms with van der Waals surface area (Å²) in [6.07, 6.45) is 2.47. The lowest BCUT2D eigenvalue weighted by atomic mass is 9.89. The van der Waals surface area contributed by atoms with Crippen LogP contribution in [0, 0.1) is 5.92 Å². The van der Waals surface area contributed by atoms with Crippen molar-refractivity contribution in [2.45, 2.75) is 31.8 Å². The fourth-order valence-electron chi connectivity index (χ4n) is 3.43. The molecule has 4 nitrogen and oxygen atoms in total. The van der Waals surface area contributed by atoms with Crippen molar-refractivity contribution < 1.29 is 4.74 Å². The molecule has 1 aliphatic heterocycles. The van der Waals surface area contributed by atoms with Gasteiger partial charge in [0.15, 0.2) is 5.96 Å². The lowest BCUT2D eigenvalue weighted by Crippen LogP contribution is -2.42. The van der Waals surface area contributed by atoms with Gasteiger partial charge in [-0.15, -0.1) is 35.3 Å². The summed E-state index contributed by atoms with van der Waals surface area (Å²) < 4.78 is 6.09. The van der Waals surface area contributed by atoms with Crippen molar-refractivity contribution in [3.05, 3.63) is 58.3 Å². The SMILES string of the molecule is CN=C(NCC(C)c1cccs1)NCC1CCCOC1c1ccccc1.I. The summed E-state index contributed by atoms with van der Waals surface area (Å²) in [5, 5.41) is 9.09. The van der Waals surface area contributed by atoms with Crippen molar-refractivity contribution in [2.24, 2.45) is 10.9 Å². The minimum atomic E-state index is 0. The molecule has 0 bridgehead atoms. The Morgan fingerprint density at radius 2 is 2.04 bits per heavy atom. The number of nitrogens with zero attached hydrogens (tertiary/aromatic N) is 1. The van der Waals surface area contributed by atoms with Crippen LogP contribution in [-0.4, -0.2) is 32.7 Å². The van der Waals surface area contributed by atoms with E-state index < -0.39 is 0 Å². The third-order valence-electron chi connectivity index (χ3n) is 4.93. The first kappa shape index (κ1) is 22.2. The second-order valence-corrected chi connectivity index (χ2v) is 7.83. The van der Waals surface area contributed by atoms with Crippen LogP contribution in [0.5, 0.6) is 0 Å². The number of benzene rings is 1. The van der Waals surface area contributed by atoms with E-state index in [1.54, 1.807) is 0 Å². The Labute approximate surface area is 183 Å². The zero-order chi connectivity index (χ0) is 18.2. The first-order chi connectivity index (χ1) is 12.8. The molecule has 1 aromatic heterocycles. The smallest absolute Gasteiger partial charge is 0.191 e. The number of aliphatic imine (C=N–C) groups is 1. The maximum atomic E-state index is 6.09. The Bertz CT molecular complexity index is 678. The molecule has 1 fully saturated rings. The Kier molecular flexibility index (Phi) is 9.58. The van der Waals surface area contributed by atoms with Crippen molar-refractivity contribution >= 4 is 41.3 Å². The van der Waals surface area contributed by atoms with Gasteiger partial charge in [-0.2, -0.15) is 0 Å².